The third-order valence-corrected chi connectivity index (χ3v) is 1.58. The van der Waals surface area contributed by atoms with Crippen LogP contribution in [0.4, 0.5) is 0 Å². The number of carbonyl (C=O) groups is 1. The first kappa shape index (κ1) is 11.4. The first-order chi connectivity index (χ1) is 5.81. The molecule has 0 radical (unpaired) electrons. The summed E-state index contributed by atoms with van der Waals surface area (Å²) in [6.45, 7) is 0. The molecule has 0 spiro atoms. The van der Waals surface area contributed by atoms with Crippen molar-refractivity contribution in [2.75, 3.05) is 12.4 Å². The molecular formula is C9H13BrO2. The van der Waals surface area contributed by atoms with E-state index >= 15 is 0 Å². The lowest BCUT2D eigenvalue weighted by atomic mass is 10.3. The summed E-state index contributed by atoms with van der Waals surface area (Å²) in [6, 6.07) is 0. The monoisotopic (exact) mass is 232 g/mol. The van der Waals surface area contributed by atoms with Crippen LogP contribution in [0.5, 0.6) is 0 Å². The number of halogens is 1. The SMILES string of the molecule is COC(=O)/C=C/CC/C=C/CBr. The van der Waals surface area contributed by atoms with E-state index in [9.17, 15) is 4.79 Å². The average molecular weight is 233 g/mol. The molecule has 2 nitrogen and oxygen atoms in total. The van der Waals surface area contributed by atoms with E-state index in [-0.39, 0.29) is 5.97 Å². The Morgan fingerprint density at radius 3 is 2.58 bits per heavy atom. The maximum atomic E-state index is 10.6. The minimum Gasteiger partial charge on any atom is -0.466 e. The number of carbonyl (C=O) groups excluding carboxylic acids is 1. The number of esters is 1. The van der Waals surface area contributed by atoms with Crippen molar-refractivity contribution in [1.82, 2.24) is 0 Å². The number of hydrogen-bond acceptors (Lipinski definition) is 2. The van der Waals surface area contributed by atoms with Gasteiger partial charge in [0.15, 0.2) is 0 Å². The molecule has 0 aromatic heterocycles. The zero-order chi connectivity index (χ0) is 9.23. The van der Waals surface area contributed by atoms with Gasteiger partial charge in [-0.2, -0.15) is 0 Å². The highest BCUT2D eigenvalue weighted by molar-refractivity contribution is 9.09. The normalized spacial score (nSPS) is 11.2. The van der Waals surface area contributed by atoms with Crippen LogP contribution in [0.2, 0.25) is 0 Å². The smallest absolute Gasteiger partial charge is 0.330 e. The van der Waals surface area contributed by atoms with E-state index in [4.69, 9.17) is 0 Å². The van der Waals surface area contributed by atoms with Gasteiger partial charge in [-0.1, -0.05) is 34.2 Å². The second-order valence-electron chi connectivity index (χ2n) is 2.13. The number of rotatable bonds is 5. The number of allylic oxidation sites excluding steroid dienone is 3. The fourth-order valence-electron chi connectivity index (χ4n) is 0.621. The van der Waals surface area contributed by atoms with Gasteiger partial charge < -0.3 is 4.74 Å². The van der Waals surface area contributed by atoms with E-state index in [2.05, 4.69) is 26.7 Å². The van der Waals surface area contributed by atoms with Crippen LogP contribution in [-0.4, -0.2) is 18.4 Å². The lowest BCUT2D eigenvalue weighted by Crippen LogP contribution is -1.93. The Labute approximate surface area is 81.4 Å². The molecule has 0 amide bonds. The lowest BCUT2D eigenvalue weighted by molar-refractivity contribution is -0.134. The predicted molar refractivity (Wildman–Crippen MR) is 53.3 cm³/mol. The predicted octanol–water partition coefficient (Wildman–Crippen LogP) is 2.45. The highest BCUT2D eigenvalue weighted by Crippen LogP contribution is 1.94. The van der Waals surface area contributed by atoms with Gasteiger partial charge in [0.05, 0.1) is 7.11 Å². The lowest BCUT2D eigenvalue weighted by Gasteiger charge is -1.88. The van der Waals surface area contributed by atoms with Crippen molar-refractivity contribution in [1.29, 1.82) is 0 Å². The molecule has 0 atom stereocenters. The molecule has 0 bridgehead atoms. The van der Waals surface area contributed by atoms with E-state index in [1.54, 1.807) is 0 Å². The maximum Gasteiger partial charge on any atom is 0.330 e. The van der Waals surface area contributed by atoms with Gasteiger partial charge in [0.25, 0.3) is 0 Å². The average Bonchev–Trinajstić information content (AvgIpc) is 2.10. The summed E-state index contributed by atoms with van der Waals surface area (Å²) in [5.74, 6) is -0.292. The van der Waals surface area contributed by atoms with Gasteiger partial charge in [0.1, 0.15) is 0 Å². The molecule has 0 saturated heterocycles. The Kier molecular flexibility index (Phi) is 8.12. The Hall–Kier alpha value is -0.570. The first-order valence-electron chi connectivity index (χ1n) is 3.76. The zero-order valence-electron chi connectivity index (χ0n) is 7.13. The second kappa shape index (κ2) is 8.53. The molecule has 0 aromatic carbocycles. The van der Waals surface area contributed by atoms with Crippen molar-refractivity contribution in [2.24, 2.45) is 0 Å². The molecule has 0 aliphatic carbocycles. The minimum absolute atomic E-state index is 0.292. The third kappa shape index (κ3) is 7.54. The van der Waals surface area contributed by atoms with Crippen molar-refractivity contribution in [2.45, 2.75) is 12.8 Å². The summed E-state index contributed by atoms with van der Waals surface area (Å²) in [7, 11) is 1.37. The van der Waals surface area contributed by atoms with Crippen LogP contribution in [0.15, 0.2) is 24.3 Å². The van der Waals surface area contributed by atoms with Crippen molar-refractivity contribution < 1.29 is 9.53 Å². The number of unbranched alkanes of at least 4 members (excludes halogenated alkanes) is 1. The van der Waals surface area contributed by atoms with E-state index < -0.39 is 0 Å². The topological polar surface area (TPSA) is 26.3 Å². The third-order valence-electron chi connectivity index (χ3n) is 1.21. The molecule has 3 heteroatoms. The summed E-state index contributed by atoms with van der Waals surface area (Å²) in [5, 5.41) is 0.883. The van der Waals surface area contributed by atoms with Crippen LogP contribution in [0, 0.1) is 0 Å². The van der Waals surface area contributed by atoms with Gasteiger partial charge in [-0.3, -0.25) is 0 Å². The fourth-order valence-corrected chi connectivity index (χ4v) is 0.885. The molecule has 0 aliphatic heterocycles. The van der Waals surface area contributed by atoms with Gasteiger partial charge in [-0.05, 0) is 12.8 Å². The molecule has 0 unspecified atom stereocenters. The summed E-state index contributed by atoms with van der Waals surface area (Å²) in [6.07, 6.45) is 9.19. The molecule has 0 rings (SSSR count). The summed E-state index contributed by atoms with van der Waals surface area (Å²) < 4.78 is 4.43. The molecule has 0 saturated carbocycles. The highest BCUT2D eigenvalue weighted by atomic mass is 79.9. The molecule has 12 heavy (non-hydrogen) atoms. The standard InChI is InChI=1S/C9H13BrO2/c1-12-9(11)7-5-3-2-4-6-8-10/h4-7H,2-3,8H2,1H3/b6-4+,7-5+. The largest absolute Gasteiger partial charge is 0.466 e. The molecule has 0 aromatic rings. The van der Waals surface area contributed by atoms with Crippen LogP contribution in [0.3, 0.4) is 0 Å². The van der Waals surface area contributed by atoms with Crippen LogP contribution in [0.1, 0.15) is 12.8 Å². The van der Waals surface area contributed by atoms with E-state index in [0.29, 0.717) is 0 Å². The molecular weight excluding hydrogens is 220 g/mol. The summed E-state index contributed by atoms with van der Waals surface area (Å²) >= 11 is 3.27. The van der Waals surface area contributed by atoms with Crippen molar-refractivity contribution in [3.05, 3.63) is 24.3 Å². The van der Waals surface area contributed by atoms with Gasteiger partial charge in [-0.15, -0.1) is 0 Å². The number of alkyl halides is 1. The van der Waals surface area contributed by atoms with Crippen molar-refractivity contribution >= 4 is 21.9 Å². The molecule has 0 aliphatic rings. The number of methoxy groups -OCH3 is 1. The molecule has 0 fully saturated rings. The van der Waals surface area contributed by atoms with Gasteiger partial charge in [0, 0.05) is 11.4 Å². The van der Waals surface area contributed by atoms with Gasteiger partial charge >= 0.3 is 5.97 Å². The Morgan fingerprint density at radius 2 is 2.00 bits per heavy atom. The summed E-state index contributed by atoms with van der Waals surface area (Å²) in [4.78, 5) is 10.6. The fraction of sp³-hybridized carbons (Fsp3) is 0.444. The summed E-state index contributed by atoms with van der Waals surface area (Å²) in [5.41, 5.74) is 0. The van der Waals surface area contributed by atoms with Gasteiger partial charge in [-0.25, -0.2) is 4.79 Å². The Balaban J connectivity index is 3.36. The maximum absolute atomic E-state index is 10.6. The van der Waals surface area contributed by atoms with Crippen LogP contribution >= 0.6 is 15.9 Å². The highest BCUT2D eigenvalue weighted by Gasteiger charge is 1.87. The number of hydrogen-bond donors (Lipinski definition) is 0. The van der Waals surface area contributed by atoms with Crippen LogP contribution < -0.4 is 0 Å². The van der Waals surface area contributed by atoms with E-state index in [0.717, 1.165) is 18.2 Å². The van der Waals surface area contributed by atoms with Crippen molar-refractivity contribution in [3.8, 4) is 0 Å². The Bertz CT molecular complexity index is 173. The molecule has 0 N–H and O–H groups in total. The van der Waals surface area contributed by atoms with Crippen molar-refractivity contribution in [3.63, 3.8) is 0 Å². The molecule has 68 valence electrons. The van der Waals surface area contributed by atoms with E-state index in [1.165, 1.54) is 13.2 Å². The van der Waals surface area contributed by atoms with E-state index in [1.807, 2.05) is 12.2 Å². The quantitative estimate of drug-likeness (QED) is 0.240. The van der Waals surface area contributed by atoms with Crippen LogP contribution in [-0.2, 0) is 9.53 Å². The molecule has 0 heterocycles. The Morgan fingerprint density at radius 1 is 1.33 bits per heavy atom. The number of ether oxygens (including phenoxy) is 1. The van der Waals surface area contributed by atoms with Gasteiger partial charge in [0.2, 0.25) is 0 Å². The zero-order valence-corrected chi connectivity index (χ0v) is 8.71. The minimum atomic E-state index is -0.292. The van der Waals surface area contributed by atoms with Crippen LogP contribution in [0.25, 0.3) is 0 Å². The second-order valence-corrected chi connectivity index (χ2v) is 2.78. The first-order valence-corrected chi connectivity index (χ1v) is 4.89.